The molecule has 1 N–H and O–H groups in total. The van der Waals surface area contributed by atoms with Gasteiger partial charge in [-0.2, -0.15) is 0 Å². The summed E-state index contributed by atoms with van der Waals surface area (Å²) in [6, 6.07) is 0. The van der Waals surface area contributed by atoms with Crippen molar-refractivity contribution in [1.82, 2.24) is 5.32 Å². The van der Waals surface area contributed by atoms with E-state index in [9.17, 15) is 4.79 Å². The van der Waals surface area contributed by atoms with Crippen LogP contribution in [0.2, 0.25) is 25.2 Å². The highest BCUT2D eigenvalue weighted by Gasteiger charge is 2.27. The Hall–Kier alpha value is -0.313. The molecular weight excluding hydrogens is 202 g/mol. The van der Waals surface area contributed by atoms with Crippen LogP contribution in [0.4, 0.5) is 0 Å². The van der Waals surface area contributed by atoms with E-state index in [0.29, 0.717) is 5.54 Å². The van der Waals surface area contributed by atoms with Gasteiger partial charge in [-0.3, -0.25) is 4.79 Å². The number of carbonyl (C=O) groups is 1. The lowest BCUT2D eigenvalue weighted by molar-refractivity contribution is -0.120. The number of nitrogens with one attached hydrogen (secondary N) is 1. The molecular formula is C12H27NOSi. The van der Waals surface area contributed by atoms with E-state index < -0.39 is 8.07 Å². The fourth-order valence-electron chi connectivity index (χ4n) is 1.81. The van der Waals surface area contributed by atoms with Gasteiger partial charge in [0.15, 0.2) is 0 Å². The number of hydrogen-bond acceptors (Lipinski definition) is 1. The summed E-state index contributed by atoms with van der Waals surface area (Å²) in [4.78, 5) is 11.4. The van der Waals surface area contributed by atoms with Gasteiger partial charge in [-0.25, -0.2) is 0 Å². The fourth-order valence-corrected chi connectivity index (χ4v) is 3.68. The molecule has 0 heterocycles. The van der Waals surface area contributed by atoms with Gasteiger partial charge in [0, 0.05) is 21.5 Å². The van der Waals surface area contributed by atoms with Gasteiger partial charge in [0.05, 0.1) is 0 Å². The van der Waals surface area contributed by atoms with Crippen LogP contribution in [0.15, 0.2) is 0 Å². The van der Waals surface area contributed by atoms with E-state index >= 15 is 0 Å². The Morgan fingerprint density at radius 1 is 1.27 bits per heavy atom. The Kier molecular flexibility index (Phi) is 6.90. The predicted octanol–water partition coefficient (Wildman–Crippen LogP) is 3.41. The van der Waals surface area contributed by atoms with Crippen LogP contribution >= 0.6 is 0 Å². The number of unbranched alkanes of at least 4 members (excludes halogenated alkanes) is 2. The summed E-state index contributed by atoms with van der Waals surface area (Å²) < 4.78 is 0. The molecule has 0 saturated carbocycles. The molecule has 3 heteroatoms. The minimum atomic E-state index is -1.18. The molecule has 0 rings (SSSR count). The Morgan fingerprint density at radius 3 is 2.27 bits per heavy atom. The molecule has 0 fully saturated rings. The van der Waals surface area contributed by atoms with Crippen LogP contribution < -0.4 is 5.32 Å². The van der Waals surface area contributed by atoms with E-state index in [1.165, 1.54) is 25.7 Å². The molecule has 2 nitrogen and oxygen atoms in total. The molecule has 0 aromatic heterocycles. The largest absolute Gasteiger partial charge is 0.359 e. The standard InChI is InChI=1S/C12H27NOSi/c1-6-7-8-9-11(15(3,4)5)10-12(14)13-2/h11H,6-10H2,1-5H3,(H,13,14). The van der Waals surface area contributed by atoms with Crippen LogP contribution in [0.3, 0.4) is 0 Å². The topological polar surface area (TPSA) is 29.1 Å². The van der Waals surface area contributed by atoms with E-state index in [1.807, 2.05) is 0 Å². The quantitative estimate of drug-likeness (QED) is 0.526. The van der Waals surface area contributed by atoms with Crippen LogP contribution in [0, 0.1) is 0 Å². The van der Waals surface area contributed by atoms with Gasteiger partial charge >= 0.3 is 0 Å². The zero-order chi connectivity index (χ0) is 11.9. The summed E-state index contributed by atoms with van der Waals surface area (Å²) >= 11 is 0. The second-order valence-corrected chi connectivity index (χ2v) is 11.0. The predicted molar refractivity (Wildman–Crippen MR) is 69.9 cm³/mol. The second-order valence-electron chi connectivity index (χ2n) is 5.44. The van der Waals surface area contributed by atoms with Crippen molar-refractivity contribution in [3.8, 4) is 0 Å². The molecule has 0 aromatic rings. The maximum atomic E-state index is 11.4. The molecule has 1 amide bonds. The average molecular weight is 229 g/mol. The van der Waals surface area contributed by atoms with Crippen molar-refractivity contribution < 1.29 is 4.79 Å². The number of amides is 1. The van der Waals surface area contributed by atoms with Crippen molar-refractivity contribution in [2.45, 2.75) is 64.2 Å². The van der Waals surface area contributed by atoms with Crippen LogP contribution in [-0.2, 0) is 4.79 Å². The van der Waals surface area contributed by atoms with Crippen molar-refractivity contribution in [3.63, 3.8) is 0 Å². The third kappa shape index (κ3) is 6.71. The Bertz CT molecular complexity index is 187. The minimum absolute atomic E-state index is 0.207. The van der Waals surface area contributed by atoms with Crippen molar-refractivity contribution in [2.75, 3.05) is 7.05 Å². The van der Waals surface area contributed by atoms with Crippen LogP contribution in [-0.4, -0.2) is 21.0 Å². The fraction of sp³-hybridized carbons (Fsp3) is 0.917. The molecule has 0 aliphatic heterocycles. The molecule has 90 valence electrons. The molecule has 0 aliphatic carbocycles. The summed E-state index contributed by atoms with van der Waals surface area (Å²) in [5.74, 6) is 0.207. The summed E-state index contributed by atoms with van der Waals surface area (Å²) in [7, 11) is 0.555. The highest BCUT2D eigenvalue weighted by Crippen LogP contribution is 2.30. The molecule has 0 bridgehead atoms. The smallest absolute Gasteiger partial charge is 0.219 e. The number of carbonyl (C=O) groups excluding carboxylic acids is 1. The first-order chi connectivity index (χ1) is 6.91. The van der Waals surface area contributed by atoms with Gasteiger partial charge in [-0.05, 0) is 5.54 Å². The van der Waals surface area contributed by atoms with Gasteiger partial charge in [0.2, 0.25) is 5.91 Å². The first-order valence-corrected chi connectivity index (χ1v) is 9.70. The van der Waals surface area contributed by atoms with E-state index in [4.69, 9.17) is 0 Å². The lowest BCUT2D eigenvalue weighted by Gasteiger charge is -2.28. The van der Waals surface area contributed by atoms with E-state index in [0.717, 1.165) is 6.42 Å². The summed E-state index contributed by atoms with van der Waals surface area (Å²) in [5, 5.41) is 2.74. The van der Waals surface area contributed by atoms with E-state index in [2.05, 4.69) is 31.9 Å². The van der Waals surface area contributed by atoms with Crippen LogP contribution in [0.25, 0.3) is 0 Å². The zero-order valence-electron chi connectivity index (χ0n) is 11.0. The molecule has 0 saturated heterocycles. The number of hydrogen-bond donors (Lipinski definition) is 1. The van der Waals surface area contributed by atoms with Gasteiger partial charge in [-0.1, -0.05) is 52.2 Å². The number of rotatable bonds is 7. The van der Waals surface area contributed by atoms with Crippen molar-refractivity contribution in [1.29, 1.82) is 0 Å². The van der Waals surface area contributed by atoms with Gasteiger partial charge in [-0.15, -0.1) is 0 Å². The third-order valence-electron chi connectivity index (χ3n) is 3.09. The monoisotopic (exact) mass is 229 g/mol. The molecule has 0 spiro atoms. The second kappa shape index (κ2) is 7.04. The molecule has 0 radical (unpaired) electrons. The van der Waals surface area contributed by atoms with Crippen molar-refractivity contribution in [2.24, 2.45) is 0 Å². The van der Waals surface area contributed by atoms with Crippen LogP contribution in [0.5, 0.6) is 0 Å². The van der Waals surface area contributed by atoms with E-state index in [1.54, 1.807) is 7.05 Å². The normalized spacial score (nSPS) is 13.7. The molecule has 0 aromatic carbocycles. The van der Waals surface area contributed by atoms with Crippen LogP contribution in [0.1, 0.15) is 39.0 Å². The van der Waals surface area contributed by atoms with Gasteiger partial charge in [0.25, 0.3) is 0 Å². The van der Waals surface area contributed by atoms with E-state index in [-0.39, 0.29) is 5.91 Å². The average Bonchev–Trinajstić information content (AvgIpc) is 2.14. The lowest BCUT2D eigenvalue weighted by Crippen LogP contribution is -2.32. The highest BCUT2D eigenvalue weighted by atomic mass is 28.3. The maximum absolute atomic E-state index is 11.4. The lowest BCUT2D eigenvalue weighted by atomic mass is 10.1. The summed E-state index contributed by atoms with van der Waals surface area (Å²) in [6.07, 6.45) is 5.81. The summed E-state index contributed by atoms with van der Waals surface area (Å²) in [5.41, 5.74) is 0.643. The minimum Gasteiger partial charge on any atom is -0.359 e. The Balaban J connectivity index is 4.14. The van der Waals surface area contributed by atoms with Crippen molar-refractivity contribution >= 4 is 14.0 Å². The molecule has 1 unspecified atom stereocenters. The molecule has 0 aliphatic rings. The molecule has 15 heavy (non-hydrogen) atoms. The Labute approximate surface area is 95.8 Å². The zero-order valence-corrected chi connectivity index (χ0v) is 12.0. The Morgan fingerprint density at radius 2 is 1.87 bits per heavy atom. The summed E-state index contributed by atoms with van der Waals surface area (Å²) in [6.45, 7) is 9.33. The van der Waals surface area contributed by atoms with Crippen molar-refractivity contribution in [3.05, 3.63) is 0 Å². The maximum Gasteiger partial charge on any atom is 0.219 e. The molecule has 1 atom stereocenters. The SMILES string of the molecule is CCCCCC(CC(=O)NC)[Si](C)(C)C. The first kappa shape index (κ1) is 14.7. The van der Waals surface area contributed by atoms with Gasteiger partial charge < -0.3 is 5.32 Å². The highest BCUT2D eigenvalue weighted by molar-refractivity contribution is 6.77. The first-order valence-electron chi connectivity index (χ1n) is 6.12. The third-order valence-corrected chi connectivity index (χ3v) is 6.03. The van der Waals surface area contributed by atoms with Gasteiger partial charge in [0.1, 0.15) is 0 Å².